The number of methoxy groups -OCH3 is 4. The number of nitrogens with two attached hydrogens (primary N) is 1. The predicted molar refractivity (Wildman–Crippen MR) is 562 cm³/mol. The third-order valence-corrected chi connectivity index (χ3v) is 27.2. The summed E-state index contributed by atoms with van der Waals surface area (Å²) < 4.78 is 74.9. The van der Waals surface area contributed by atoms with E-state index < -0.39 is 126 Å². The van der Waals surface area contributed by atoms with Gasteiger partial charge in [0.1, 0.15) is 18.1 Å². The van der Waals surface area contributed by atoms with Gasteiger partial charge in [0.25, 0.3) is 0 Å². The van der Waals surface area contributed by atoms with Crippen molar-refractivity contribution >= 4 is 76.8 Å². The summed E-state index contributed by atoms with van der Waals surface area (Å²) >= 11 is 0. The molecule has 0 spiro atoms. The molecule has 2 heterocycles. The van der Waals surface area contributed by atoms with E-state index in [1.54, 1.807) is 47.5 Å². The van der Waals surface area contributed by atoms with Gasteiger partial charge in [0.05, 0.1) is 224 Å². The third-order valence-electron chi connectivity index (χ3n) is 27.2. The van der Waals surface area contributed by atoms with Crippen molar-refractivity contribution < 1.29 is 129 Å². The minimum absolute atomic E-state index is 0.0165. The number of nitrogens with one attached hydrogen (secondary N) is 9. The molecule has 43 nitrogen and oxygen atoms in total. The quantitative estimate of drug-likeness (QED) is 0.0336. The molecular weight excluding hydrogens is 1930 g/mol. The van der Waals surface area contributed by atoms with Crippen molar-refractivity contribution in [1.29, 1.82) is 0 Å². The lowest BCUT2D eigenvalue weighted by Gasteiger charge is -2.39. The van der Waals surface area contributed by atoms with Gasteiger partial charge in [0.2, 0.25) is 76.8 Å². The lowest BCUT2D eigenvalue weighted by atomic mass is 9.90. The summed E-state index contributed by atoms with van der Waals surface area (Å²) in [4.78, 5) is 193. The minimum Gasteiger partial charge on any atom is -0.379 e. The maximum absolute atomic E-state index is 14.4. The van der Waals surface area contributed by atoms with Crippen LogP contribution in [-0.4, -0.2) is 434 Å². The summed E-state index contributed by atoms with van der Waals surface area (Å²) in [5.74, 6) is -0.816. The molecule has 2 saturated heterocycles. The van der Waals surface area contributed by atoms with Crippen LogP contribution in [0.1, 0.15) is 164 Å². The molecule has 13 amide bonds. The van der Waals surface area contributed by atoms with Gasteiger partial charge in [0.15, 0.2) is 0 Å². The van der Waals surface area contributed by atoms with Crippen molar-refractivity contribution in [3.8, 4) is 0 Å². The van der Waals surface area contributed by atoms with E-state index in [1.165, 1.54) is 28.4 Å². The van der Waals surface area contributed by atoms with Crippen LogP contribution in [0.15, 0.2) is 60.7 Å². The van der Waals surface area contributed by atoms with E-state index in [-0.39, 0.29) is 262 Å². The van der Waals surface area contributed by atoms with E-state index in [0.717, 1.165) is 11.1 Å². The van der Waals surface area contributed by atoms with Crippen LogP contribution < -0.4 is 53.7 Å². The number of ether oxygens (including phenoxy) is 13. The molecule has 0 saturated carbocycles. The topological polar surface area (TPSA) is 505 Å². The highest BCUT2D eigenvalue weighted by atomic mass is 16.6. The third kappa shape index (κ3) is 49.7. The second-order valence-corrected chi connectivity index (χ2v) is 39.3. The number of likely N-dealkylation sites (tertiary alicyclic amines) is 2. The number of likely N-dealkylation sites (N-methyl/N-ethyl adjacent to an activating group) is 4. The molecule has 850 valence electrons. The summed E-state index contributed by atoms with van der Waals surface area (Å²) in [5.41, 5.74) is 1.66. The zero-order valence-electron chi connectivity index (χ0n) is 92.7. The summed E-state index contributed by atoms with van der Waals surface area (Å²) in [6, 6.07) is 13.1. The summed E-state index contributed by atoms with van der Waals surface area (Å²) in [6.45, 7) is 24.8. The van der Waals surface area contributed by atoms with Crippen molar-refractivity contribution in [1.82, 2.24) is 77.3 Å². The monoisotopic (exact) mass is 2110 g/mol. The van der Waals surface area contributed by atoms with Gasteiger partial charge in [-0.05, 0) is 108 Å². The first-order valence-corrected chi connectivity index (χ1v) is 53.2. The average molecular weight is 2110 g/mol. The summed E-state index contributed by atoms with van der Waals surface area (Å²) in [6.07, 6.45) is 2.79. The van der Waals surface area contributed by atoms with Gasteiger partial charge in [-0.1, -0.05) is 143 Å². The van der Waals surface area contributed by atoms with Gasteiger partial charge >= 0.3 is 0 Å². The van der Waals surface area contributed by atoms with Crippen molar-refractivity contribution in [2.75, 3.05) is 249 Å². The zero-order chi connectivity index (χ0) is 110. The summed E-state index contributed by atoms with van der Waals surface area (Å²) in [5, 5.41) is 25.8. The van der Waals surface area contributed by atoms with Gasteiger partial charge < -0.3 is 134 Å². The lowest BCUT2D eigenvalue weighted by Crippen LogP contribution is -2.56. The van der Waals surface area contributed by atoms with Crippen LogP contribution >= 0.6 is 0 Å². The van der Waals surface area contributed by atoms with E-state index in [9.17, 15) is 62.3 Å². The number of hydrogen-bond donors (Lipinski definition) is 10. The molecule has 2 aliphatic rings. The fraction of sp³-hybridized carbons (Fsp3) is 0.764. The number of benzene rings is 2. The Labute approximate surface area is 884 Å². The number of unbranched alkanes of at least 4 members (excludes halogenated alkanes) is 1. The molecule has 43 heteroatoms. The van der Waals surface area contributed by atoms with Crippen molar-refractivity contribution in [3.63, 3.8) is 0 Å². The van der Waals surface area contributed by atoms with Crippen LogP contribution in [-0.2, 0) is 142 Å². The maximum atomic E-state index is 14.4. The number of carbonyl (C=O) groups excluding carboxylic acids is 13. The Morgan fingerprint density at radius 1 is 0.376 bits per heavy atom. The van der Waals surface area contributed by atoms with Crippen LogP contribution in [0.25, 0.3) is 0 Å². The summed E-state index contributed by atoms with van der Waals surface area (Å²) in [7, 11) is 16.7. The first-order valence-electron chi connectivity index (χ1n) is 53.2. The van der Waals surface area contributed by atoms with Crippen LogP contribution in [0.5, 0.6) is 0 Å². The first kappa shape index (κ1) is 132. The van der Waals surface area contributed by atoms with Crippen molar-refractivity contribution in [3.05, 3.63) is 71.8 Å². The molecule has 2 aromatic carbocycles. The molecule has 0 aromatic heterocycles. The number of rotatable bonds is 83. The number of amides is 13. The molecule has 0 bridgehead atoms. The van der Waals surface area contributed by atoms with Gasteiger partial charge in [-0.25, -0.2) is 5.90 Å². The van der Waals surface area contributed by atoms with Crippen LogP contribution in [0.3, 0.4) is 0 Å². The lowest BCUT2D eigenvalue weighted by molar-refractivity contribution is -0.146. The first-order chi connectivity index (χ1) is 71.5. The van der Waals surface area contributed by atoms with Gasteiger partial charge in [0, 0.05) is 107 Å². The second kappa shape index (κ2) is 76.4. The SMILES string of the molecule is CC[C@H](C)C([C@@H](CC(=O)N1CCC[C@H]1[C@H](OC)[C@@H](C)C(=O)N[C@@H](Cc1ccccc1)C(=O)NCCOCCOCCOCCOCCC(=O)NCCCC[C@H](NC(=O)CCOCCOCCOCCOCCNC(=O)[C@H](Cc1ccccc1)NC(=O)[C@H](C)[C@@H](OC)[C@@H]1CCCN1C(=O)C[C@@H](OC)C([C@@H](C)CC)N(C)C(=O)CNC(=O)C(C(C)C)N(C)C)C(=O)NCCOCCON)OC)N(C)C(=O)CNC(=O)C(C(C)C)N(C)C. The Morgan fingerprint density at radius 2 is 0.711 bits per heavy atom. The molecule has 149 heavy (non-hydrogen) atoms. The Kier molecular flexibility index (Phi) is 67.8. The predicted octanol–water partition coefficient (Wildman–Crippen LogP) is 2.63. The standard InChI is InChI=1S/C106H184N16O27/c1-21-75(7)96(119(15)92(127)71-112-105(134)94(73(3)4)117(11)12)86(136-17)69-90(125)121-46-31-38-84(121)98(138-19)77(9)100(129)115-82(67-79-33-25-23-26-34-79)103(132)110-44-50-142-55-59-147-63-61-145-57-53-140-48-40-88(123)108-42-30-29-37-81(102(131)109-43-52-144-65-66-149-107)114-89(124)41-49-141-54-58-146-62-64-148-60-56-143-51-45-111-104(133)83(68-80-35-27-24-28-36-80)116-101(130)78(10)99(139-20)85-39-32-47-122(85)91(126)70-87(137-18)97(76(8)22-2)120(16)93(128)72-113-106(135)95(74(5)6)118(13)14/h23-28,33-36,73-78,81-87,94-99H,21-22,29-32,37-72,107H2,1-20H3,(H,108,123)(H,109,131)(H,110,132)(H,111,133)(H,112,134)(H,113,135)(H,114,124)(H,115,129)(H,116,130)/t75-,76-,77+,78+,81-,82-,83-,84-,85-,86+,87+,94?,95?,96?,97?,98+,99+/m0/s1. The maximum Gasteiger partial charge on any atom is 0.243 e. The van der Waals surface area contributed by atoms with E-state index in [1.807, 2.05) is 154 Å². The minimum atomic E-state index is -0.960. The smallest absolute Gasteiger partial charge is 0.243 e. The molecule has 11 N–H and O–H groups in total. The van der Waals surface area contributed by atoms with Crippen LogP contribution in [0.4, 0.5) is 0 Å². The highest BCUT2D eigenvalue weighted by molar-refractivity contribution is 5.92. The van der Waals surface area contributed by atoms with Crippen LogP contribution in [0, 0.1) is 35.5 Å². The average Bonchev–Trinajstić information content (AvgIpc) is 1.74. The molecule has 0 radical (unpaired) electrons. The molecule has 2 aromatic rings. The molecule has 2 fully saturated rings. The normalized spacial score (nSPS) is 16.8. The molecule has 17 atom stereocenters. The number of carbonyl (C=O) groups is 13. The fourth-order valence-electron chi connectivity index (χ4n) is 18.9. The Hall–Kier alpha value is -9.13. The molecule has 0 aliphatic carbocycles. The fourth-order valence-corrected chi connectivity index (χ4v) is 18.9. The molecular formula is C106H184N16O27. The van der Waals surface area contributed by atoms with Gasteiger partial charge in [-0.15, -0.1) is 0 Å². The highest BCUT2D eigenvalue weighted by Gasteiger charge is 2.46. The van der Waals surface area contributed by atoms with Crippen molar-refractivity contribution in [2.45, 2.75) is 244 Å². The molecule has 4 rings (SSSR count). The Bertz CT molecular complexity index is 4120. The highest BCUT2D eigenvalue weighted by Crippen LogP contribution is 2.33. The van der Waals surface area contributed by atoms with Crippen molar-refractivity contribution in [2.24, 2.45) is 41.4 Å². The molecule has 2 aliphatic heterocycles. The van der Waals surface area contributed by atoms with Gasteiger partial charge in [-0.3, -0.25) is 72.1 Å². The second-order valence-electron chi connectivity index (χ2n) is 39.3. The Balaban J connectivity index is 1.08. The van der Waals surface area contributed by atoms with Gasteiger partial charge in [-0.2, -0.15) is 0 Å². The zero-order valence-corrected chi connectivity index (χ0v) is 92.7. The van der Waals surface area contributed by atoms with E-state index in [4.69, 9.17) is 67.5 Å². The van der Waals surface area contributed by atoms with E-state index >= 15 is 0 Å². The number of nitrogens with zero attached hydrogens (tertiary/aromatic N) is 6. The largest absolute Gasteiger partial charge is 0.379 e. The molecule has 4 unspecified atom stereocenters. The van der Waals surface area contributed by atoms with E-state index in [2.05, 4.69) is 52.7 Å². The Morgan fingerprint density at radius 3 is 1.04 bits per heavy atom. The number of hydrogen-bond acceptors (Lipinski definition) is 30. The van der Waals surface area contributed by atoms with E-state index in [0.29, 0.717) is 77.4 Å². The van der Waals surface area contributed by atoms with Crippen LogP contribution in [0.2, 0.25) is 0 Å².